The average Bonchev–Trinajstić information content (AvgIpc) is 2.13. The first kappa shape index (κ1) is 15.7. The summed E-state index contributed by atoms with van der Waals surface area (Å²) in [6, 6.07) is 0. The predicted octanol–water partition coefficient (Wildman–Crippen LogP) is 0.825. The van der Waals surface area contributed by atoms with Crippen LogP contribution >= 0.6 is 0 Å². The number of carbonyl (C=O) groups is 2. The van der Waals surface area contributed by atoms with E-state index in [2.05, 4.69) is 10.1 Å². The highest BCUT2D eigenvalue weighted by Gasteiger charge is 2.31. The molecule has 0 rings (SSSR count). The molecule has 100 valence electrons. The highest BCUT2D eigenvalue weighted by molar-refractivity contribution is 5.78. The van der Waals surface area contributed by atoms with Gasteiger partial charge in [-0.3, -0.25) is 0 Å². The fourth-order valence-electron chi connectivity index (χ4n) is 1.04. The summed E-state index contributed by atoms with van der Waals surface area (Å²) in [5, 5.41) is 12.1. The third kappa shape index (κ3) is 6.78. The van der Waals surface area contributed by atoms with Crippen molar-refractivity contribution in [3.8, 4) is 0 Å². The third-order valence-electron chi connectivity index (χ3n) is 1.91. The van der Waals surface area contributed by atoms with Gasteiger partial charge in [0, 0.05) is 13.0 Å². The van der Waals surface area contributed by atoms with E-state index in [0.717, 1.165) is 0 Å². The fourth-order valence-corrected chi connectivity index (χ4v) is 1.04. The minimum Gasteiger partial charge on any atom is -0.467 e. The van der Waals surface area contributed by atoms with Gasteiger partial charge in [-0.2, -0.15) is 0 Å². The van der Waals surface area contributed by atoms with Crippen molar-refractivity contribution in [1.82, 2.24) is 5.32 Å². The number of nitrogens with one attached hydrogen (secondary N) is 1. The summed E-state index contributed by atoms with van der Waals surface area (Å²) in [6.45, 7) is 6.69. The lowest BCUT2D eigenvalue weighted by molar-refractivity contribution is -0.160. The summed E-state index contributed by atoms with van der Waals surface area (Å²) >= 11 is 0. The Labute approximate surface area is 101 Å². The minimum atomic E-state index is -1.61. The molecule has 0 aromatic rings. The SMILES string of the molecule is COC(=O)[C@@](C)(O)CCNC(=O)OC(C)(C)C. The van der Waals surface area contributed by atoms with Gasteiger partial charge in [0.15, 0.2) is 5.60 Å². The van der Waals surface area contributed by atoms with Crippen LogP contribution in [0.5, 0.6) is 0 Å². The molecule has 0 saturated carbocycles. The van der Waals surface area contributed by atoms with E-state index in [9.17, 15) is 14.7 Å². The van der Waals surface area contributed by atoms with Gasteiger partial charge in [-0.15, -0.1) is 0 Å². The predicted molar refractivity (Wildman–Crippen MR) is 61.5 cm³/mol. The quantitative estimate of drug-likeness (QED) is 0.719. The van der Waals surface area contributed by atoms with Crippen LogP contribution in [-0.2, 0) is 14.3 Å². The number of hydrogen-bond acceptors (Lipinski definition) is 5. The van der Waals surface area contributed by atoms with E-state index in [4.69, 9.17) is 4.74 Å². The molecule has 0 fully saturated rings. The van der Waals surface area contributed by atoms with E-state index in [1.165, 1.54) is 14.0 Å². The Morgan fingerprint density at radius 1 is 1.24 bits per heavy atom. The van der Waals surface area contributed by atoms with Gasteiger partial charge in [-0.25, -0.2) is 9.59 Å². The van der Waals surface area contributed by atoms with Crippen molar-refractivity contribution in [3.63, 3.8) is 0 Å². The van der Waals surface area contributed by atoms with Crippen LogP contribution in [-0.4, -0.2) is 42.0 Å². The molecule has 0 unspecified atom stereocenters. The molecule has 0 aliphatic rings. The second kappa shape index (κ2) is 5.86. The molecule has 6 nitrogen and oxygen atoms in total. The third-order valence-corrected chi connectivity index (χ3v) is 1.91. The van der Waals surface area contributed by atoms with Crippen LogP contribution in [0, 0.1) is 0 Å². The van der Waals surface area contributed by atoms with Gasteiger partial charge in [-0.05, 0) is 27.7 Å². The Morgan fingerprint density at radius 3 is 2.18 bits per heavy atom. The first-order chi connectivity index (χ1) is 7.58. The Morgan fingerprint density at radius 2 is 1.76 bits per heavy atom. The highest BCUT2D eigenvalue weighted by Crippen LogP contribution is 2.11. The Balaban J connectivity index is 4.00. The summed E-state index contributed by atoms with van der Waals surface area (Å²) < 4.78 is 9.41. The second-order valence-corrected chi connectivity index (χ2v) is 4.94. The van der Waals surface area contributed by atoms with Gasteiger partial charge >= 0.3 is 12.1 Å². The number of aliphatic hydroxyl groups is 1. The lowest BCUT2D eigenvalue weighted by Crippen LogP contribution is -2.41. The van der Waals surface area contributed by atoms with E-state index in [1.807, 2.05) is 0 Å². The number of hydrogen-bond donors (Lipinski definition) is 2. The summed E-state index contributed by atoms with van der Waals surface area (Å²) in [5.74, 6) is -0.733. The number of methoxy groups -OCH3 is 1. The first-order valence-corrected chi connectivity index (χ1v) is 5.36. The molecule has 0 aliphatic heterocycles. The fraction of sp³-hybridized carbons (Fsp3) is 0.818. The molecular weight excluding hydrogens is 226 g/mol. The largest absolute Gasteiger partial charge is 0.467 e. The molecule has 1 atom stereocenters. The molecule has 0 saturated heterocycles. The van der Waals surface area contributed by atoms with Crippen molar-refractivity contribution in [3.05, 3.63) is 0 Å². The molecule has 0 aromatic carbocycles. The molecule has 2 N–H and O–H groups in total. The molecule has 0 bridgehead atoms. The van der Waals surface area contributed by atoms with Gasteiger partial charge in [-0.1, -0.05) is 0 Å². The van der Waals surface area contributed by atoms with Crippen LogP contribution in [0.1, 0.15) is 34.1 Å². The van der Waals surface area contributed by atoms with Gasteiger partial charge < -0.3 is 19.9 Å². The molecule has 0 radical (unpaired) electrons. The topological polar surface area (TPSA) is 84.9 Å². The summed E-state index contributed by atoms with van der Waals surface area (Å²) in [6.07, 6.45) is -0.531. The van der Waals surface area contributed by atoms with E-state index >= 15 is 0 Å². The standard InChI is InChI=1S/C11H21NO5/c1-10(2,3)17-9(14)12-7-6-11(4,15)8(13)16-5/h15H,6-7H2,1-5H3,(H,12,14)/t11-/m0/s1. The Bertz CT molecular complexity index is 280. The number of ether oxygens (including phenoxy) is 2. The van der Waals surface area contributed by atoms with E-state index in [0.29, 0.717) is 0 Å². The van der Waals surface area contributed by atoms with Gasteiger partial charge in [0.1, 0.15) is 5.60 Å². The maximum absolute atomic E-state index is 11.3. The summed E-state index contributed by atoms with van der Waals surface area (Å²) in [7, 11) is 1.19. The van der Waals surface area contributed by atoms with Crippen LogP contribution in [0.15, 0.2) is 0 Å². The van der Waals surface area contributed by atoms with Gasteiger partial charge in [0.2, 0.25) is 0 Å². The lowest BCUT2D eigenvalue weighted by atomic mass is 10.0. The Kier molecular flexibility index (Phi) is 5.41. The van der Waals surface area contributed by atoms with Crippen LogP contribution in [0.2, 0.25) is 0 Å². The number of carbonyl (C=O) groups excluding carboxylic acids is 2. The molecule has 6 heteroatoms. The van der Waals surface area contributed by atoms with Crippen LogP contribution in [0.25, 0.3) is 0 Å². The van der Waals surface area contributed by atoms with Crippen molar-refractivity contribution in [1.29, 1.82) is 0 Å². The zero-order chi connectivity index (χ0) is 13.7. The first-order valence-electron chi connectivity index (χ1n) is 5.36. The minimum absolute atomic E-state index is 0.0545. The van der Waals surface area contributed by atoms with E-state index in [-0.39, 0.29) is 13.0 Å². The summed E-state index contributed by atoms with van der Waals surface area (Å²) in [4.78, 5) is 22.4. The molecule has 17 heavy (non-hydrogen) atoms. The zero-order valence-electron chi connectivity index (χ0n) is 11.0. The number of alkyl carbamates (subject to hydrolysis) is 1. The zero-order valence-corrected chi connectivity index (χ0v) is 11.0. The average molecular weight is 247 g/mol. The molecule has 0 spiro atoms. The molecular formula is C11H21NO5. The van der Waals surface area contributed by atoms with E-state index in [1.54, 1.807) is 20.8 Å². The lowest BCUT2D eigenvalue weighted by Gasteiger charge is -2.22. The van der Waals surface area contributed by atoms with Gasteiger partial charge in [0.05, 0.1) is 7.11 Å². The van der Waals surface area contributed by atoms with Crippen molar-refractivity contribution in [2.45, 2.75) is 45.3 Å². The number of esters is 1. The Hall–Kier alpha value is -1.30. The van der Waals surface area contributed by atoms with Crippen LogP contribution in [0.3, 0.4) is 0 Å². The second-order valence-electron chi connectivity index (χ2n) is 4.94. The maximum atomic E-state index is 11.3. The molecule has 0 heterocycles. The monoisotopic (exact) mass is 247 g/mol. The highest BCUT2D eigenvalue weighted by atomic mass is 16.6. The van der Waals surface area contributed by atoms with Gasteiger partial charge in [0.25, 0.3) is 0 Å². The molecule has 1 amide bonds. The maximum Gasteiger partial charge on any atom is 0.407 e. The van der Waals surface area contributed by atoms with Crippen molar-refractivity contribution >= 4 is 12.1 Å². The van der Waals surface area contributed by atoms with Crippen LogP contribution in [0.4, 0.5) is 4.79 Å². The number of amides is 1. The van der Waals surface area contributed by atoms with Crippen molar-refractivity contribution < 1.29 is 24.2 Å². The van der Waals surface area contributed by atoms with Crippen molar-refractivity contribution in [2.24, 2.45) is 0 Å². The molecule has 0 aromatic heterocycles. The smallest absolute Gasteiger partial charge is 0.407 e. The van der Waals surface area contributed by atoms with Crippen LogP contribution < -0.4 is 5.32 Å². The van der Waals surface area contributed by atoms with E-state index < -0.39 is 23.3 Å². The summed E-state index contributed by atoms with van der Waals surface area (Å²) in [5.41, 5.74) is -2.18. The normalized spacial score (nSPS) is 14.7. The number of rotatable bonds is 4. The molecule has 0 aliphatic carbocycles. The van der Waals surface area contributed by atoms with Crippen molar-refractivity contribution in [2.75, 3.05) is 13.7 Å².